The third-order valence-corrected chi connectivity index (χ3v) is 7.01. The molecule has 5 rings (SSSR count). The molecule has 1 saturated heterocycles. The fourth-order valence-electron chi connectivity index (χ4n) is 5.61. The van der Waals surface area contributed by atoms with Gasteiger partial charge in [-0.05, 0) is 35.7 Å². The average Bonchev–Trinajstić information content (AvgIpc) is 3.13. The SMILES string of the molecule is CC1(C)CC2CC(C)(CN2c2ncnc3scc(-c4ccccc4)c23)C1. The summed E-state index contributed by atoms with van der Waals surface area (Å²) in [4.78, 5) is 13.1. The number of hydrogen-bond donors (Lipinski definition) is 0. The first kappa shape index (κ1) is 16.2. The second kappa shape index (κ2) is 5.53. The molecule has 2 aromatic heterocycles. The molecule has 2 aliphatic rings. The zero-order valence-corrected chi connectivity index (χ0v) is 16.5. The van der Waals surface area contributed by atoms with Crippen molar-refractivity contribution in [3.05, 3.63) is 42.0 Å². The molecule has 3 heterocycles. The molecule has 2 fully saturated rings. The Balaban J connectivity index is 1.66. The van der Waals surface area contributed by atoms with Gasteiger partial charge in [0.2, 0.25) is 0 Å². The van der Waals surface area contributed by atoms with E-state index in [0.717, 1.165) is 17.2 Å². The maximum atomic E-state index is 4.81. The Bertz CT molecular complexity index is 962. The number of fused-ring (bicyclic) bond motifs is 3. The van der Waals surface area contributed by atoms with E-state index < -0.39 is 0 Å². The Morgan fingerprint density at radius 3 is 2.69 bits per heavy atom. The largest absolute Gasteiger partial charge is 0.352 e. The van der Waals surface area contributed by atoms with Crippen LogP contribution in [-0.2, 0) is 0 Å². The molecule has 26 heavy (non-hydrogen) atoms. The zero-order chi connectivity index (χ0) is 17.9. The third-order valence-electron chi connectivity index (χ3n) is 6.12. The lowest BCUT2D eigenvalue weighted by Crippen LogP contribution is -2.35. The van der Waals surface area contributed by atoms with Crippen LogP contribution in [0.15, 0.2) is 42.0 Å². The van der Waals surface area contributed by atoms with Crippen molar-refractivity contribution in [2.75, 3.05) is 11.4 Å². The van der Waals surface area contributed by atoms with E-state index in [4.69, 9.17) is 4.98 Å². The van der Waals surface area contributed by atoms with E-state index in [9.17, 15) is 0 Å². The first-order valence-electron chi connectivity index (χ1n) is 9.49. The molecule has 2 atom stereocenters. The number of anilines is 1. The summed E-state index contributed by atoms with van der Waals surface area (Å²) in [7, 11) is 0. The Hall–Kier alpha value is -1.94. The minimum Gasteiger partial charge on any atom is -0.352 e. The minimum absolute atomic E-state index is 0.395. The second-order valence-electron chi connectivity index (χ2n) is 9.23. The lowest BCUT2D eigenvalue weighted by Gasteiger charge is -2.39. The van der Waals surface area contributed by atoms with Gasteiger partial charge in [0.15, 0.2) is 0 Å². The van der Waals surface area contributed by atoms with Crippen molar-refractivity contribution in [2.24, 2.45) is 10.8 Å². The maximum Gasteiger partial charge on any atom is 0.141 e. The van der Waals surface area contributed by atoms with Crippen molar-refractivity contribution >= 4 is 27.4 Å². The standard InChI is InChI=1S/C22H25N3S/c1-21(2)9-16-10-22(3,12-21)13-25(16)19-18-17(15-7-5-4-6-8-15)11-26-20(18)24-14-23-19/h4-8,11,14,16H,9-10,12-13H2,1-3H3. The van der Waals surface area contributed by atoms with Gasteiger partial charge in [0.25, 0.3) is 0 Å². The van der Waals surface area contributed by atoms with Crippen molar-refractivity contribution in [1.82, 2.24) is 9.97 Å². The number of hydrogen-bond acceptors (Lipinski definition) is 4. The summed E-state index contributed by atoms with van der Waals surface area (Å²) in [6.45, 7) is 8.43. The fraction of sp³-hybridized carbons (Fsp3) is 0.455. The first-order valence-corrected chi connectivity index (χ1v) is 10.4. The zero-order valence-electron chi connectivity index (χ0n) is 15.7. The second-order valence-corrected chi connectivity index (χ2v) is 10.1. The van der Waals surface area contributed by atoms with Crippen molar-refractivity contribution < 1.29 is 0 Å². The molecule has 0 radical (unpaired) electrons. The predicted molar refractivity (Wildman–Crippen MR) is 110 cm³/mol. The van der Waals surface area contributed by atoms with Gasteiger partial charge < -0.3 is 4.90 Å². The summed E-state index contributed by atoms with van der Waals surface area (Å²) in [5, 5.41) is 3.48. The molecule has 3 aromatic rings. The van der Waals surface area contributed by atoms with E-state index in [1.165, 1.54) is 35.8 Å². The van der Waals surface area contributed by atoms with E-state index in [0.29, 0.717) is 16.9 Å². The van der Waals surface area contributed by atoms with Crippen molar-refractivity contribution in [3.63, 3.8) is 0 Å². The lowest BCUT2D eigenvalue weighted by molar-refractivity contribution is 0.136. The molecule has 2 unspecified atom stereocenters. The van der Waals surface area contributed by atoms with Crippen LogP contribution >= 0.6 is 11.3 Å². The van der Waals surface area contributed by atoms with Gasteiger partial charge in [-0.2, -0.15) is 0 Å². The molecule has 0 amide bonds. The topological polar surface area (TPSA) is 29.0 Å². The van der Waals surface area contributed by atoms with Gasteiger partial charge in [-0.3, -0.25) is 0 Å². The first-order chi connectivity index (χ1) is 12.4. The van der Waals surface area contributed by atoms with Gasteiger partial charge in [0.1, 0.15) is 17.0 Å². The van der Waals surface area contributed by atoms with Crippen LogP contribution in [0.5, 0.6) is 0 Å². The van der Waals surface area contributed by atoms with Crippen LogP contribution in [-0.4, -0.2) is 22.6 Å². The van der Waals surface area contributed by atoms with E-state index in [2.05, 4.69) is 66.4 Å². The monoisotopic (exact) mass is 363 g/mol. The van der Waals surface area contributed by atoms with Crippen LogP contribution in [0.2, 0.25) is 0 Å². The van der Waals surface area contributed by atoms with E-state index in [1.807, 2.05) is 0 Å². The maximum absolute atomic E-state index is 4.81. The highest BCUT2D eigenvalue weighted by Crippen LogP contribution is 2.54. The van der Waals surface area contributed by atoms with Crippen LogP contribution < -0.4 is 4.90 Å². The smallest absolute Gasteiger partial charge is 0.141 e. The molecular formula is C22H25N3S. The van der Waals surface area contributed by atoms with E-state index in [1.54, 1.807) is 17.7 Å². The summed E-state index contributed by atoms with van der Waals surface area (Å²) in [6, 6.07) is 11.2. The Morgan fingerprint density at radius 1 is 1.08 bits per heavy atom. The van der Waals surface area contributed by atoms with Gasteiger partial charge in [-0.25, -0.2) is 9.97 Å². The summed E-state index contributed by atoms with van der Waals surface area (Å²) >= 11 is 1.73. The summed E-state index contributed by atoms with van der Waals surface area (Å²) < 4.78 is 0. The molecule has 1 aliphatic carbocycles. The number of benzene rings is 1. The van der Waals surface area contributed by atoms with Gasteiger partial charge in [-0.15, -0.1) is 11.3 Å². The van der Waals surface area contributed by atoms with Gasteiger partial charge >= 0.3 is 0 Å². The number of rotatable bonds is 2. The molecule has 134 valence electrons. The lowest BCUT2D eigenvalue weighted by atomic mass is 9.65. The highest BCUT2D eigenvalue weighted by Gasteiger charge is 2.50. The van der Waals surface area contributed by atoms with E-state index >= 15 is 0 Å². The van der Waals surface area contributed by atoms with Crippen LogP contribution in [0.3, 0.4) is 0 Å². The van der Waals surface area contributed by atoms with Crippen molar-refractivity contribution in [1.29, 1.82) is 0 Å². The van der Waals surface area contributed by atoms with Crippen molar-refractivity contribution in [3.8, 4) is 11.1 Å². The Morgan fingerprint density at radius 2 is 1.88 bits per heavy atom. The molecule has 1 saturated carbocycles. The van der Waals surface area contributed by atoms with Crippen LogP contribution in [0.25, 0.3) is 21.3 Å². The molecule has 1 aliphatic heterocycles. The number of aromatic nitrogens is 2. The van der Waals surface area contributed by atoms with Gasteiger partial charge in [0.05, 0.1) is 5.39 Å². The highest BCUT2D eigenvalue weighted by atomic mass is 32.1. The average molecular weight is 364 g/mol. The Labute approximate surface area is 159 Å². The van der Waals surface area contributed by atoms with Crippen LogP contribution in [0, 0.1) is 10.8 Å². The molecule has 2 bridgehead atoms. The van der Waals surface area contributed by atoms with Gasteiger partial charge in [-0.1, -0.05) is 51.1 Å². The molecule has 1 aromatic carbocycles. The molecule has 0 spiro atoms. The summed E-state index contributed by atoms with van der Waals surface area (Å²) in [5.41, 5.74) is 3.33. The molecule has 4 heteroatoms. The van der Waals surface area contributed by atoms with E-state index in [-0.39, 0.29) is 0 Å². The predicted octanol–water partition coefficient (Wildman–Crippen LogP) is 5.76. The normalized spacial score (nSPS) is 27.2. The summed E-state index contributed by atoms with van der Waals surface area (Å²) in [6.07, 6.45) is 5.58. The van der Waals surface area contributed by atoms with Gasteiger partial charge in [0, 0.05) is 23.5 Å². The molecule has 3 nitrogen and oxygen atoms in total. The minimum atomic E-state index is 0.395. The Kier molecular flexibility index (Phi) is 3.45. The van der Waals surface area contributed by atoms with Crippen LogP contribution in [0.1, 0.15) is 40.0 Å². The van der Waals surface area contributed by atoms with Crippen LogP contribution in [0.4, 0.5) is 5.82 Å². The molecule has 0 N–H and O–H groups in total. The molecular weight excluding hydrogens is 338 g/mol. The quantitative estimate of drug-likeness (QED) is 0.579. The van der Waals surface area contributed by atoms with Crippen molar-refractivity contribution in [2.45, 2.75) is 46.1 Å². The fourth-order valence-corrected chi connectivity index (χ4v) is 6.53. The number of nitrogens with zero attached hydrogens (tertiary/aromatic N) is 3. The summed E-state index contributed by atoms with van der Waals surface area (Å²) in [5.74, 6) is 1.14. The highest BCUT2D eigenvalue weighted by molar-refractivity contribution is 7.17. The number of thiophene rings is 1. The third kappa shape index (κ3) is 2.54.